The summed E-state index contributed by atoms with van der Waals surface area (Å²) in [5.74, 6) is -6.76. The van der Waals surface area contributed by atoms with Crippen molar-refractivity contribution in [2.45, 2.75) is 33.1 Å². The molecule has 0 fully saturated rings. The molecule has 18 nitrogen and oxygen atoms in total. The number of aromatic nitrogens is 5. The summed E-state index contributed by atoms with van der Waals surface area (Å²) in [6.45, 7) is 3.27. The van der Waals surface area contributed by atoms with Gasteiger partial charge in [0.05, 0.1) is 16.9 Å². The Hall–Kier alpha value is -4.12. The molecule has 0 aliphatic heterocycles. The summed E-state index contributed by atoms with van der Waals surface area (Å²) in [5.41, 5.74) is 15.7. The number of H-pyrrole nitrogens is 1. The van der Waals surface area contributed by atoms with Crippen LogP contribution in [0.3, 0.4) is 0 Å². The predicted octanol–water partition coefficient (Wildman–Crippen LogP) is 0.857. The first-order valence-corrected chi connectivity index (χ1v) is 16.1. The van der Waals surface area contributed by atoms with Crippen molar-refractivity contribution in [3.8, 4) is 0 Å². The first-order chi connectivity index (χ1) is 25.0. The number of pyridine rings is 3. The van der Waals surface area contributed by atoms with Crippen LogP contribution in [0.15, 0.2) is 55.0 Å². The number of rotatable bonds is 6. The third-order valence-electron chi connectivity index (χ3n) is 4.81. The normalized spacial score (nSPS) is 9.62. The molecular weight excluding hydrogens is 983 g/mol. The number of aromatic amines is 1. The molecular formula is C28H27Br3F6N9NaO9. The van der Waals surface area contributed by atoms with E-state index in [1.807, 2.05) is 4.98 Å². The maximum absolute atomic E-state index is 12.3. The number of amides is 3. The van der Waals surface area contributed by atoms with Gasteiger partial charge in [-0.15, -0.1) is 0 Å². The van der Waals surface area contributed by atoms with Crippen LogP contribution in [0, 0.1) is 0 Å². The standard InChI is InChI=1S/C8H4BrF2N3O.C8H8BrN3O2.C6H6BrN3O.C4H2F4O3.C2H6O.Na.H2O/c9-3-1-4-5(12-2-3)8(15)14-7(13-4)6(10)11;1-4(13)12-6-2-5(9)3-11-7(6)8(10)14;7-3-1-4(8)5(6(9)11)10-2-3;5-1(6)3(9)11-4(10)2(7)8;1-2-3;;/h1-2,6H,(H,13,14,15);2-3H,1H3,(H2,10,14)(H,12,13);1-2H,8H2,(H2,9,11);1-2H;3H,2H2,1H3;;1H2/q;;;;;+1;/p-1. The molecule has 56 heavy (non-hydrogen) atoms. The van der Waals surface area contributed by atoms with Gasteiger partial charge in [0.15, 0.2) is 22.7 Å². The third-order valence-corrected chi connectivity index (χ3v) is 6.11. The molecule has 28 heteroatoms. The number of nitrogen functional groups attached to an aromatic ring is 1. The summed E-state index contributed by atoms with van der Waals surface area (Å²) in [6, 6.07) is 4.60. The molecule has 10 N–H and O–H groups in total. The Balaban J connectivity index is -0.000000651. The fraction of sp³-hybridized carbons (Fsp3) is 0.214. The van der Waals surface area contributed by atoms with Crippen molar-refractivity contribution in [3.05, 3.63) is 77.8 Å². The molecule has 3 amide bonds. The van der Waals surface area contributed by atoms with E-state index in [0.29, 0.717) is 14.6 Å². The number of fused-ring (bicyclic) bond motifs is 1. The number of esters is 2. The van der Waals surface area contributed by atoms with Gasteiger partial charge in [0, 0.05) is 45.5 Å². The molecule has 4 rings (SSSR count). The Kier molecular flexibility index (Phi) is 28.4. The van der Waals surface area contributed by atoms with Crippen LogP contribution in [0.2, 0.25) is 0 Å². The van der Waals surface area contributed by atoms with Crippen LogP contribution >= 0.6 is 47.8 Å². The minimum Gasteiger partial charge on any atom is -0.870 e. The number of ether oxygens (including phenoxy) is 1. The minimum absolute atomic E-state index is 0. The summed E-state index contributed by atoms with van der Waals surface area (Å²) in [4.78, 5) is 80.0. The molecule has 4 aromatic rings. The van der Waals surface area contributed by atoms with Crippen molar-refractivity contribution in [1.82, 2.24) is 24.9 Å². The van der Waals surface area contributed by atoms with Crippen LogP contribution in [0.5, 0.6) is 0 Å². The van der Waals surface area contributed by atoms with Crippen molar-refractivity contribution in [1.29, 1.82) is 0 Å². The molecule has 0 saturated heterocycles. The zero-order chi connectivity index (χ0) is 41.9. The van der Waals surface area contributed by atoms with Gasteiger partial charge in [0.25, 0.3) is 23.8 Å². The molecule has 302 valence electrons. The maximum atomic E-state index is 12.3. The van der Waals surface area contributed by atoms with Gasteiger partial charge in [0.2, 0.25) is 5.91 Å². The topological polar surface area (TPSA) is 319 Å². The number of nitrogens with zero attached hydrogens (tertiary/aromatic N) is 4. The number of anilines is 2. The number of carbonyl (C=O) groups is 5. The van der Waals surface area contributed by atoms with E-state index in [2.05, 4.69) is 77.8 Å². The zero-order valence-corrected chi connectivity index (χ0v) is 35.3. The summed E-state index contributed by atoms with van der Waals surface area (Å²) in [7, 11) is 0. The van der Waals surface area contributed by atoms with Gasteiger partial charge >= 0.3 is 54.3 Å². The second kappa shape index (κ2) is 28.3. The molecule has 0 unspecified atom stereocenters. The summed E-state index contributed by atoms with van der Waals surface area (Å²) in [5, 5.41) is 10.0. The molecule has 4 aromatic heterocycles. The summed E-state index contributed by atoms with van der Waals surface area (Å²) in [6.07, 6.45) is -5.64. The number of carbonyl (C=O) groups excluding carboxylic acids is 5. The molecule has 0 radical (unpaired) electrons. The van der Waals surface area contributed by atoms with Gasteiger partial charge in [0.1, 0.15) is 0 Å². The second-order valence-corrected chi connectivity index (χ2v) is 11.7. The fourth-order valence-electron chi connectivity index (χ4n) is 2.89. The van der Waals surface area contributed by atoms with Gasteiger partial charge in [-0.25, -0.2) is 38.3 Å². The van der Waals surface area contributed by atoms with E-state index in [-0.39, 0.29) is 75.7 Å². The molecule has 0 saturated carbocycles. The number of hydrogen-bond donors (Lipinski definition) is 6. The van der Waals surface area contributed by atoms with Crippen molar-refractivity contribution < 1.29 is 95.2 Å². The molecule has 0 aromatic carbocycles. The number of alkyl halides is 6. The van der Waals surface area contributed by atoms with Crippen LogP contribution in [0.25, 0.3) is 11.0 Å². The average molecular weight is 1010 g/mol. The Morgan fingerprint density at radius 1 is 0.839 bits per heavy atom. The van der Waals surface area contributed by atoms with E-state index in [9.17, 15) is 55.1 Å². The predicted molar refractivity (Wildman–Crippen MR) is 190 cm³/mol. The van der Waals surface area contributed by atoms with E-state index >= 15 is 0 Å². The zero-order valence-electron chi connectivity index (χ0n) is 28.6. The molecule has 0 spiro atoms. The van der Waals surface area contributed by atoms with E-state index in [0.717, 1.165) is 4.47 Å². The summed E-state index contributed by atoms with van der Waals surface area (Å²) >= 11 is 9.44. The van der Waals surface area contributed by atoms with Crippen LogP contribution in [-0.4, -0.2) is 84.6 Å². The molecule has 0 aliphatic carbocycles. The van der Waals surface area contributed by atoms with Gasteiger partial charge < -0.3 is 42.8 Å². The summed E-state index contributed by atoms with van der Waals surface area (Å²) < 4.78 is 74.3. The van der Waals surface area contributed by atoms with E-state index < -0.39 is 54.4 Å². The molecule has 0 atom stereocenters. The van der Waals surface area contributed by atoms with Crippen LogP contribution in [0.4, 0.5) is 37.7 Å². The van der Waals surface area contributed by atoms with E-state index in [1.165, 1.54) is 31.6 Å². The number of halogens is 9. The first-order valence-electron chi connectivity index (χ1n) is 13.8. The monoisotopic (exact) mass is 1010 g/mol. The Morgan fingerprint density at radius 2 is 1.27 bits per heavy atom. The Labute approximate surface area is 357 Å². The maximum Gasteiger partial charge on any atom is 1.00 e. The Morgan fingerprint density at radius 3 is 1.68 bits per heavy atom. The SMILES string of the molecule is CC(=O)Nc1cc(Br)cnc1C(N)=O.CCO.NC(=O)c1ncc(Br)cc1N.O=C(OC(=O)C(F)F)C(F)F.O=c1[nH]c(C(F)F)nc2cc(Br)cnc12.[Na+].[OH-]. The Bertz CT molecular complexity index is 1990. The van der Waals surface area contributed by atoms with Crippen LogP contribution in [-0.2, 0) is 19.1 Å². The fourth-order valence-corrected chi connectivity index (χ4v) is 3.89. The van der Waals surface area contributed by atoms with Crippen molar-refractivity contribution in [2.24, 2.45) is 11.5 Å². The van der Waals surface area contributed by atoms with Crippen LogP contribution in [0.1, 0.15) is 47.1 Å². The number of hydrogen-bond acceptors (Lipinski definition) is 14. The number of nitrogens with one attached hydrogen (secondary N) is 2. The molecule has 0 aliphatic rings. The van der Waals surface area contributed by atoms with Crippen molar-refractivity contribution >= 4 is 99.9 Å². The van der Waals surface area contributed by atoms with Gasteiger partial charge in [-0.2, -0.15) is 17.6 Å². The van der Waals surface area contributed by atoms with E-state index in [4.69, 9.17) is 22.3 Å². The largest absolute Gasteiger partial charge is 1.00 e. The number of aliphatic hydroxyl groups is 1. The minimum atomic E-state index is -3.57. The quantitative estimate of drug-likeness (QED) is 0.0676. The van der Waals surface area contributed by atoms with Gasteiger partial charge in [-0.1, -0.05) is 0 Å². The van der Waals surface area contributed by atoms with Gasteiger partial charge in [-0.3, -0.25) is 19.2 Å². The number of primary amides is 2. The molecule has 4 heterocycles. The van der Waals surface area contributed by atoms with Crippen molar-refractivity contribution in [2.75, 3.05) is 17.7 Å². The second-order valence-electron chi connectivity index (χ2n) is 8.98. The van der Waals surface area contributed by atoms with E-state index in [1.54, 1.807) is 19.1 Å². The number of nitrogens with two attached hydrogens (primary N) is 3. The van der Waals surface area contributed by atoms with Crippen molar-refractivity contribution in [3.63, 3.8) is 0 Å². The third kappa shape index (κ3) is 21.3. The average Bonchev–Trinajstić information content (AvgIpc) is 3.05. The number of aliphatic hydroxyl groups excluding tert-OH is 1. The van der Waals surface area contributed by atoms with Crippen LogP contribution < -0.4 is 57.6 Å². The first kappa shape index (κ1) is 56.2. The molecule has 0 bridgehead atoms. The van der Waals surface area contributed by atoms with Gasteiger partial charge in [-0.05, 0) is 72.9 Å². The smallest absolute Gasteiger partial charge is 0.870 e.